The van der Waals surface area contributed by atoms with Crippen molar-refractivity contribution in [3.05, 3.63) is 48.9 Å². The van der Waals surface area contributed by atoms with Crippen LogP contribution in [-0.2, 0) is 7.05 Å². The lowest BCUT2D eigenvalue weighted by Gasteiger charge is -1.94. The Bertz CT molecular complexity index is 852. The van der Waals surface area contributed by atoms with Crippen LogP contribution in [0.2, 0.25) is 0 Å². The molecule has 0 spiro atoms. The first-order valence-corrected chi connectivity index (χ1v) is 6.08. The van der Waals surface area contributed by atoms with Crippen molar-refractivity contribution in [2.75, 3.05) is 0 Å². The van der Waals surface area contributed by atoms with Crippen LogP contribution in [-0.4, -0.2) is 19.5 Å². The molecule has 1 N–H and O–H groups in total. The first-order valence-electron chi connectivity index (χ1n) is 6.08. The third-order valence-electron chi connectivity index (χ3n) is 3.38. The average Bonchev–Trinajstić information content (AvgIpc) is 3.01. The fourth-order valence-corrected chi connectivity index (χ4v) is 2.49. The fourth-order valence-electron chi connectivity index (χ4n) is 2.49. The van der Waals surface area contributed by atoms with Crippen molar-refractivity contribution in [1.82, 2.24) is 19.5 Å². The highest BCUT2D eigenvalue weighted by atomic mass is 14.9. The van der Waals surface area contributed by atoms with Crippen LogP contribution in [0, 0.1) is 6.07 Å². The van der Waals surface area contributed by atoms with Crippen molar-refractivity contribution in [3.63, 3.8) is 0 Å². The number of aromatic nitrogens is 4. The standard InChI is InChI=1S/C15H11N4/c1-19-9-11(10-4-2-3-5-14(10)19)12-8-13-15(18-12)17-7-6-16-13/h3-9H,1H3,(H,17,18). The molecule has 1 radical (unpaired) electrons. The van der Waals surface area contributed by atoms with Crippen LogP contribution in [0.3, 0.4) is 0 Å². The molecule has 4 rings (SSSR count). The van der Waals surface area contributed by atoms with Gasteiger partial charge in [-0.15, -0.1) is 0 Å². The van der Waals surface area contributed by atoms with E-state index in [1.165, 1.54) is 10.9 Å². The number of H-pyrrole nitrogens is 1. The van der Waals surface area contributed by atoms with E-state index in [4.69, 9.17) is 0 Å². The van der Waals surface area contributed by atoms with Crippen LogP contribution in [0.1, 0.15) is 0 Å². The van der Waals surface area contributed by atoms with Gasteiger partial charge in [-0.1, -0.05) is 6.07 Å². The zero-order chi connectivity index (χ0) is 12.8. The van der Waals surface area contributed by atoms with Crippen molar-refractivity contribution in [2.45, 2.75) is 0 Å². The second-order valence-corrected chi connectivity index (χ2v) is 4.57. The Morgan fingerprint density at radius 3 is 3.05 bits per heavy atom. The van der Waals surface area contributed by atoms with Gasteiger partial charge < -0.3 is 9.55 Å². The fraction of sp³-hybridized carbons (Fsp3) is 0.0667. The van der Waals surface area contributed by atoms with E-state index in [9.17, 15) is 0 Å². The van der Waals surface area contributed by atoms with Crippen LogP contribution in [0.25, 0.3) is 33.3 Å². The number of hydrogen-bond acceptors (Lipinski definition) is 2. The molecule has 0 aliphatic carbocycles. The number of nitrogens with one attached hydrogen (secondary N) is 1. The van der Waals surface area contributed by atoms with Gasteiger partial charge >= 0.3 is 0 Å². The van der Waals surface area contributed by atoms with Crippen molar-refractivity contribution in [2.24, 2.45) is 7.05 Å². The summed E-state index contributed by atoms with van der Waals surface area (Å²) in [5.41, 5.74) is 5.07. The highest BCUT2D eigenvalue weighted by Gasteiger charge is 2.11. The Balaban J connectivity index is 2.04. The first kappa shape index (κ1) is 10.3. The van der Waals surface area contributed by atoms with Gasteiger partial charge in [0.15, 0.2) is 5.65 Å². The van der Waals surface area contributed by atoms with Gasteiger partial charge in [-0.2, -0.15) is 0 Å². The molecular weight excluding hydrogens is 236 g/mol. The molecule has 0 saturated carbocycles. The molecule has 0 bridgehead atoms. The summed E-state index contributed by atoms with van der Waals surface area (Å²) >= 11 is 0. The van der Waals surface area contributed by atoms with E-state index < -0.39 is 0 Å². The van der Waals surface area contributed by atoms with Crippen molar-refractivity contribution in [3.8, 4) is 11.3 Å². The number of aromatic amines is 1. The Hall–Kier alpha value is -2.62. The summed E-state index contributed by atoms with van der Waals surface area (Å²) in [5, 5.41) is 1.18. The van der Waals surface area contributed by atoms with Gasteiger partial charge in [-0.05, 0) is 24.3 Å². The van der Waals surface area contributed by atoms with E-state index in [0.29, 0.717) is 0 Å². The van der Waals surface area contributed by atoms with E-state index in [1.54, 1.807) is 12.4 Å². The molecule has 1 aromatic carbocycles. The smallest absolute Gasteiger partial charge is 0.156 e. The number of fused-ring (bicyclic) bond motifs is 2. The number of hydrogen-bond donors (Lipinski definition) is 1. The van der Waals surface area contributed by atoms with E-state index in [2.05, 4.69) is 37.8 Å². The van der Waals surface area contributed by atoms with E-state index in [1.807, 2.05) is 25.2 Å². The predicted octanol–water partition coefficient (Wildman–Crippen LogP) is 2.92. The molecule has 0 amide bonds. The van der Waals surface area contributed by atoms with Crippen LogP contribution < -0.4 is 0 Å². The third kappa shape index (κ3) is 1.46. The normalized spacial score (nSPS) is 11.4. The van der Waals surface area contributed by atoms with Crippen LogP contribution in [0.4, 0.5) is 0 Å². The molecule has 4 aromatic rings. The topological polar surface area (TPSA) is 46.5 Å². The highest BCUT2D eigenvalue weighted by Crippen LogP contribution is 2.30. The Labute approximate surface area is 109 Å². The molecule has 91 valence electrons. The molecule has 4 nitrogen and oxygen atoms in total. The van der Waals surface area contributed by atoms with Crippen molar-refractivity contribution >= 4 is 22.1 Å². The second kappa shape index (κ2) is 3.68. The quantitative estimate of drug-likeness (QED) is 0.562. The average molecular weight is 247 g/mol. The van der Waals surface area contributed by atoms with Gasteiger partial charge in [0.25, 0.3) is 0 Å². The summed E-state index contributed by atoms with van der Waals surface area (Å²) in [6.07, 6.45) is 5.51. The zero-order valence-electron chi connectivity index (χ0n) is 10.4. The minimum absolute atomic E-state index is 0.814. The van der Waals surface area contributed by atoms with E-state index >= 15 is 0 Å². The first-order chi connectivity index (χ1) is 9.33. The van der Waals surface area contributed by atoms with Crippen LogP contribution in [0.15, 0.2) is 42.9 Å². The lowest BCUT2D eigenvalue weighted by Crippen LogP contribution is -1.81. The number of aryl methyl sites for hydroxylation is 1. The summed E-state index contributed by atoms with van der Waals surface area (Å²) < 4.78 is 2.12. The molecule has 0 fully saturated rings. The number of nitrogens with zero attached hydrogens (tertiary/aromatic N) is 3. The van der Waals surface area contributed by atoms with Crippen molar-refractivity contribution < 1.29 is 0 Å². The van der Waals surface area contributed by atoms with Crippen molar-refractivity contribution in [1.29, 1.82) is 0 Å². The largest absolute Gasteiger partial charge is 0.350 e. The lowest BCUT2D eigenvalue weighted by atomic mass is 10.1. The second-order valence-electron chi connectivity index (χ2n) is 4.57. The molecule has 0 unspecified atom stereocenters. The number of rotatable bonds is 1. The number of benzene rings is 1. The summed E-state index contributed by atoms with van der Waals surface area (Å²) in [6.45, 7) is 0. The summed E-state index contributed by atoms with van der Waals surface area (Å²) in [7, 11) is 2.05. The molecule has 0 atom stereocenters. The SMILES string of the molecule is Cn1cc(-c2cc3nccnc3[nH]2)c2c[c]ccc21. The zero-order valence-corrected chi connectivity index (χ0v) is 10.4. The molecule has 19 heavy (non-hydrogen) atoms. The van der Waals surface area contributed by atoms with E-state index in [-0.39, 0.29) is 0 Å². The molecule has 4 heteroatoms. The molecule has 0 aliphatic rings. The minimum atomic E-state index is 0.814. The minimum Gasteiger partial charge on any atom is -0.350 e. The maximum Gasteiger partial charge on any atom is 0.156 e. The van der Waals surface area contributed by atoms with Gasteiger partial charge in [0.1, 0.15) is 5.52 Å². The van der Waals surface area contributed by atoms with E-state index in [0.717, 1.165) is 22.4 Å². The van der Waals surface area contributed by atoms with Gasteiger partial charge in [-0.25, -0.2) is 4.98 Å². The van der Waals surface area contributed by atoms with Gasteiger partial charge in [0, 0.05) is 42.1 Å². The lowest BCUT2D eigenvalue weighted by molar-refractivity contribution is 0.970. The molecule has 0 aliphatic heterocycles. The van der Waals surface area contributed by atoms with Crippen LogP contribution >= 0.6 is 0 Å². The maximum absolute atomic E-state index is 4.31. The molecular formula is C15H11N4. The van der Waals surface area contributed by atoms with Gasteiger partial charge in [-0.3, -0.25) is 4.98 Å². The van der Waals surface area contributed by atoms with Crippen LogP contribution in [0.5, 0.6) is 0 Å². The Morgan fingerprint density at radius 1 is 1.26 bits per heavy atom. The van der Waals surface area contributed by atoms with Gasteiger partial charge in [0.05, 0.1) is 5.69 Å². The monoisotopic (exact) mass is 247 g/mol. The highest BCUT2D eigenvalue weighted by molar-refractivity contribution is 5.97. The molecule has 3 aromatic heterocycles. The Kier molecular flexibility index (Phi) is 2.00. The maximum atomic E-state index is 4.31. The summed E-state index contributed by atoms with van der Waals surface area (Å²) in [4.78, 5) is 11.9. The molecule has 0 saturated heterocycles. The van der Waals surface area contributed by atoms with Gasteiger partial charge in [0.2, 0.25) is 0 Å². The third-order valence-corrected chi connectivity index (χ3v) is 3.38. The predicted molar refractivity (Wildman–Crippen MR) is 74.6 cm³/mol. The summed E-state index contributed by atoms with van der Waals surface area (Å²) in [6, 6.07) is 11.2. The summed E-state index contributed by atoms with van der Waals surface area (Å²) in [5.74, 6) is 0. The molecule has 3 heterocycles. The Morgan fingerprint density at radius 2 is 2.16 bits per heavy atom.